The molecule has 1 fully saturated rings. The number of nitrogens with one attached hydrogen (secondary N) is 1. The van der Waals surface area contributed by atoms with Gasteiger partial charge in [-0.05, 0) is 50.4 Å². The summed E-state index contributed by atoms with van der Waals surface area (Å²) in [5.41, 5.74) is 2.51. The van der Waals surface area contributed by atoms with Gasteiger partial charge in [0.2, 0.25) is 0 Å². The van der Waals surface area contributed by atoms with Gasteiger partial charge >= 0.3 is 0 Å². The number of hydrogen-bond acceptors (Lipinski definition) is 3. The zero-order chi connectivity index (χ0) is 15.2. The molecule has 3 atom stereocenters. The van der Waals surface area contributed by atoms with Gasteiger partial charge in [-0.3, -0.25) is 0 Å². The SMILES string of the molecule is CCCNC1CC(Oc2cccc(C)c2C)C1OCCC. The van der Waals surface area contributed by atoms with Crippen LogP contribution in [0.4, 0.5) is 0 Å². The van der Waals surface area contributed by atoms with Crippen molar-refractivity contribution in [3.05, 3.63) is 29.3 Å². The second kappa shape index (κ2) is 7.81. The minimum Gasteiger partial charge on any atom is -0.487 e. The summed E-state index contributed by atoms with van der Waals surface area (Å²) in [7, 11) is 0. The van der Waals surface area contributed by atoms with Crippen LogP contribution in [0.5, 0.6) is 5.75 Å². The second-order valence-electron chi connectivity index (χ2n) is 5.99. The first-order valence-electron chi connectivity index (χ1n) is 8.25. The van der Waals surface area contributed by atoms with Crippen molar-refractivity contribution < 1.29 is 9.47 Å². The van der Waals surface area contributed by atoms with Gasteiger partial charge in [0.25, 0.3) is 0 Å². The van der Waals surface area contributed by atoms with E-state index in [0.717, 1.165) is 38.2 Å². The van der Waals surface area contributed by atoms with Crippen molar-refractivity contribution in [2.24, 2.45) is 0 Å². The van der Waals surface area contributed by atoms with Crippen molar-refractivity contribution in [3.8, 4) is 5.75 Å². The van der Waals surface area contributed by atoms with Crippen LogP contribution < -0.4 is 10.1 Å². The van der Waals surface area contributed by atoms with Crippen LogP contribution in [0.2, 0.25) is 0 Å². The normalized spacial score (nSPS) is 24.7. The van der Waals surface area contributed by atoms with Gasteiger partial charge in [0, 0.05) is 19.1 Å². The third-order valence-electron chi connectivity index (χ3n) is 4.25. The average Bonchev–Trinajstić information content (AvgIpc) is 2.46. The van der Waals surface area contributed by atoms with E-state index in [1.165, 1.54) is 11.1 Å². The molecule has 1 aliphatic rings. The molecule has 1 N–H and O–H groups in total. The maximum Gasteiger partial charge on any atom is 0.128 e. The van der Waals surface area contributed by atoms with E-state index in [-0.39, 0.29) is 12.2 Å². The Morgan fingerprint density at radius 1 is 1.19 bits per heavy atom. The summed E-state index contributed by atoms with van der Waals surface area (Å²) >= 11 is 0. The van der Waals surface area contributed by atoms with E-state index in [2.05, 4.69) is 51.2 Å². The highest BCUT2D eigenvalue weighted by Crippen LogP contribution is 2.31. The van der Waals surface area contributed by atoms with Crippen LogP contribution in [0.25, 0.3) is 0 Å². The van der Waals surface area contributed by atoms with E-state index in [1.54, 1.807) is 0 Å². The van der Waals surface area contributed by atoms with E-state index in [4.69, 9.17) is 9.47 Å². The molecular weight excluding hydrogens is 262 g/mol. The highest BCUT2D eigenvalue weighted by molar-refractivity contribution is 5.38. The third kappa shape index (κ3) is 3.98. The Morgan fingerprint density at radius 2 is 2.00 bits per heavy atom. The number of rotatable bonds is 8. The Balaban J connectivity index is 1.97. The van der Waals surface area contributed by atoms with Crippen LogP contribution >= 0.6 is 0 Å². The molecule has 2 rings (SSSR count). The third-order valence-corrected chi connectivity index (χ3v) is 4.25. The Bertz CT molecular complexity index is 447. The van der Waals surface area contributed by atoms with Crippen molar-refractivity contribution >= 4 is 0 Å². The molecular formula is C18H29NO2. The molecule has 0 spiro atoms. The van der Waals surface area contributed by atoms with Gasteiger partial charge in [0.15, 0.2) is 0 Å². The predicted octanol–water partition coefficient (Wildman–Crippen LogP) is 3.62. The summed E-state index contributed by atoms with van der Waals surface area (Å²) in [6, 6.07) is 6.68. The second-order valence-corrected chi connectivity index (χ2v) is 5.99. The summed E-state index contributed by atoms with van der Waals surface area (Å²) < 4.78 is 12.2. The summed E-state index contributed by atoms with van der Waals surface area (Å²) in [5, 5.41) is 3.56. The smallest absolute Gasteiger partial charge is 0.128 e. The molecule has 0 amide bonds. The first-order chi connectivity index (χ1) is 10.2. The Labute approximate surface area is 129 Å². The van der Waals surface area contributed by atoms with E-state index in [0.29, 0.717) is 6.04 Å². The number of aryl methyl sites for hydroxylation is 1. The molecule has 118 valence electrons. The highest BCUT2D eigenvalue weighted by Gasteiger charge is 2.43. The predicted molar refractivity (Wildman–Crippen MR) is 87.1 cm³/mol. The van der Waals surface area contributed by atoms with Crippen LogP contribution in [-0.2, 0) is 4.74 Å². The molecule has 0 bridgehead atoms. The van der Waals surface area contributed by atoms with Gasteiger partial charge in [-0.15, -0.1) is 0 Å². The zero-order valence-electron chi connectivity index (χ0n) is 13.8. The molecule has 3 unspecified atom stereocenters. The molecule has 21 heavy (non-hydrogen) atoms. The Hall–Kier alpha value is -1.06. The fraction of sp³-hybridized carbons (Fsp3) is 0.667. The van der Waals surface area contributed by atoms with E-state index >= 15 is 0 Å². The van der Waals surface area contributed by atoms with Crippen LogP contribution in [0.1, 0.15) is 44.2 Å². The lowest BCUT2D eigenvalue weighted by molar-refractivity contribution is -0.108. The molecule has 1 aromatic rings. The van der Waals surface area contributed by atoms with Crippen molar-refractivity contribution in [2.75, 3.05) is 13.2 Å². The molecule has 0 aromatic heterocycles. The van der Waals surface area contributed by atoms with Crippen molar-refractivity contribution in [3.63, 3.8) is 0 Å². The zero-order valence-corrected chi connectivity index (χ0v) is 13.8. The molecule has 0 radical (unpaired) electrons. The first-order valence-corrected chi connectivity index (χ1v) is 8.25. The standard InChI is InChI=1S/C18H29NO2/c1-5-10-19-15-12-17(18(15)20-11-6-2)21-16-9-7-8-13(3)14(16)4/h7-9,15,17-19H,5-6,10-12H2,1-4H3. The van der Waals surface area contributed by atoms with Gasteiger partial charge in [-0.25, -0.2) is 0 Å². The molecule has 1 saturated carbocycles. The monoisotopic (exact) mass is 291 g/mol. The van der Waals surface area contributed by atoms with Crippen LogP contribution in [0, 0.1) is 13.8 Å². The van der Waals surface area contributed by atoms with Gasteiger partial charge in [-0.1, -0.05) is 26.0 Å². The van der Waals surface area contributed by atoms with E-state index < -0.39 is 0 Å². The van der Waals surface area contributed by atoms with Crippen molar-refractivity contribution in [2.45, 2.75) is 65.2 Å². The molecule has 1 aromatic carbocycles. The average molecular weight is 291 g/mol. The summed E-state index contributed by atoms with van der Waals surface area (Å²) in [6.45, 7) is 10.4. The lowest BCUT2D eigenvalue weighted by Gasteiger charge is -2.44. The summed E-state index contributed by atoms with van der Waals surface area (Å²) in [6.07, 6.45) is 3.58. The van der Waals surface area contributed by atoms with E-state index in [9.17, 15) is 0 Å². The van der Waals surface area contributed by atoms with Crippen molar-refractivity contribution in [1.29, 1.82) is 0 Å². The first kappa shape index (κ1) is 16.3. The minimum absolute atomic E-state index is 0.173. The lowest BCUT2D eigenvalue weighted by Crippen LogP contribution is -2.61. The number of hydrogen-bond donors (Lipinski definition) is 1. The fourth-order valence-electron chi connectivity index (χ4n) is 2.72. The van der Waals surface area contributed by atoms with Gasteiger partial charge < -0.3 is 14.8 Å². The van der Waals surface area contributed by atoms with Gasteiger partial charge in [0.05, 0.1) is 0 Å². The number of benzene rings is 1. The topological polar surface area (TPSA) is 30.5 Å². The number of ether oxygens (including phenoxy) is 2. The van der Waals surface area contributed by atoms with Gasteiger partial charge in [-0.2, -0.15) is 0 Å². The largest absolute Gasteiger partial charge is 0.487 e. The van der Waals surface area contributed by atoms with Crippen LogP contribution in [0.15, 0.2) is 18.2 Å². The van der Waals surface area contributed by atoms with Gasteiger partial charge in [0.1, 0.15) is 18.0 Å². The van der Waals surface area contributed by atoms with Crippen LogP contribution in [-0.4, -0.2) is 31.4 Å². The maximum absolute atomic E-state index is 6.22. The molecule has 0 saturated heterocycles. The van der Waals surface area contributed by atoms with E-state index in [1.807, 2.05) is 0 Å². The van der Waals surface area contributed by atoms with Crippen molar-refractivity contribution in [1.82, 2.24) is 5.32 Å². The minimum atomic E-state index is 0.173. The molecule has 1 aliphatic carbocycles. The Morgan fingerprint density at radius 3 is 2.71 bits per heavy atom. The quantitative estimate of drug-likeness (QED) is 0.793. The molecule has 0 aliphatic heterocycles. The van der Waals surface area contributed by atoms with Crippen LogP contribution in [0.3, 0.4) is 0 Å². The molecule has 3 nitrogen and oxygen atoms in total. The summed E-state index contributed by atoms with van der Waals surface area (Å²) in [5.74, 6) is 0.999. The maximum atomic E-state index is 6.22. The molecule has 3 heteroatoms. The lowest BCUT2D eigenvalue weighted by atomic mass is 9.85. The summed E-state index contributed by atoms with van der Waals surface area (Å²) in [4.78, 5) is 0. The Kier molecular flexibility index (Phi) is 6.07. The highest BCUT2D eigenvalue weighted by atomic mass is 16.5. The fourth-order valence-corrected chi connectivity index (χ4v) is 2.72. The molecule has 0 heterocycles.